The molecule has 0 aliphatic carbocycles. The Morgan fingerprint density at radius 3 is 2.29 bits per heavy atom. The predicted molar refractivity (Wildman–Crippen MR) is 127 cm³/mol. The summed E-state index contributed by atoms with van der Waals surface area (Å²) in [7, 11) is 0.325. The zero-order valence-electron chi connectivity index (χ0n) is 18.7. The number of ether oxygens (including phenoxy) is 1. The smallest absolute Gasteiger partial charge is 0.229 e. The van der Waals surface area contributed by atoms with Crippen LogP contribution >= 0.6 is 0 Å². The van der Waals surface area contributed by atoms with Gasteiger partial charge in [-0.15, -0.1) is 0 Å². The summed E-state index contributed by atoms with van der Waals surface area (Å²) in [6, 6.07) is 15.1. The molecule has 1 heterocycles. The van der Waals surface area contributed by atoms with E-state index in [0.717, 1.165) is 28.4 Å². The zero-order chi connectivity index (χ0) is 22.6. The third kappa shape index (κ3) is 6.26. The molecule has 31 heavy (non-hydrogen) atoms. The molecule has 3 N–H and O–H groups in total. The highest BCUT2D eigenvalue weighted by atomic mass is 32.2. The van der Waals surface area contributed by atoms with Crippen molar-refractivity contribution in [3.05, 3.63) is 59.8 Å². The van der Waals surface area contributed by atoms with Crippen molar-refractivity contribution in [3.63, 3.8) is 0 Å². The quantitative estimate of drug-likeness (QED) is 0.480. The Hall–Kier alpha value is -2.97. The van der Waals surface area contributed by atoms with E-state index < -0.39 is 11.0 Å². The molecule has 0 saturated carbocycles. The summed E-state index contributed by atoms with van der Waals surface area (Å²) in [6.07, 6.45) is 0. The lowest BCUT2D eigenvalue weighted by atomic mass is 10.1. The van der Waals surface area contributed by atoms with E-state index in [-0.39, 0.29) is 5.54 Å². The monoisotopic (exact) mass is 439 g/mol. The van der Waals surface area contributed by atoms with Gasteiger partial charge in [0.2, 0.25) is 5.95 Å². The van der Waals surface area contributed by atoms with Crippen LogP contribution in [0.3, 0.4) is 0 Å². The molecule has 0 aliphatic heterocycles. The molecule has 0 fully saturated rings. The Kier molecular flexibility index (Phi) is 6.92. The van der Waals surface area contributed by atoms with Gasteiger partial charge in [-0.3, -0.25) is 0 Å². The maximum Gasteiger partial charge on any atom is 0.229 e. The van der Waals surface area contributed by atoms with Gasteiger partial charge in [0.25, 0.3) is 0 Å². The number of hydrogen-bond donors (Lipinski definition) is 3. The number of anilines is 4. The van der Waals surface area contributed by atoms with Crippen molar-refractivity contribution in [1.29, 1.82) is 0 Å². The van der Waals surface area contributed by atoms with Gasteiger partial charge >= 0.3 is 0 Å². The first kappa shape index (κ1) is 22.7. The van der Waals surface area contributed by atoms with Gasteiger partial charge in [-0.25, -0.2) is 13.9 Å². The molecule has 0 amide bonds. The van der Waals surface area contributed by atoms with Crippen LogP contribution in [0.1, 0.15) is 32.0 Å². The fourth-order valence-electron chi connectivity index (χ4n) is 2.77. The summed E-state index contributed by atoms with van der Waals surface area (Å²) < 4.78 is 20.9. The van der Waals surface area contributed by atoms with Crippen LogP contribution < -0.4 is 20.1 Å². The van der Waals surface area contributed by atoms with Crippen LogP contribution in [0.2, 0.25) is 0 Å². The molecular weight excluding hydrogens is 410 g/mol. The first-order valence-electron chi connectivity index (χ1n) is 9.97. The molecule has 1 unspecified atom stereocenters. The van der Waals surface area contributed by atoms with Gasteiger partial charge in [0, 0.05) is 28.2 Å². The second kappa shape index (κ2) is 9.45. The van der Waals surface area contributed by atoms with Crippen LogP contribution in [0.15, 0.2) is 53.4 Å². The Bertz CT molecular complexity index is 1080. The topological polar surface area (TPSA) is 88.2 Å². The number of hydrogen-bond acceptors (Lipinski definition) is 6. The maximum absolute atomic E-state index is 12.6. The lowest BCUT2D eigenvalue weighted by Gasteiger charge is -2.20. The molecule has 7 nitrogen and oxygen atoms in total. The van der Waals surface area contributed by atoms with Crippen molar-refractivity contribution < 1.29 is 8.95 Å². The Labute approximate surface area is 186 Å². The average molecular weight is 440 g/mol. The average Bonchev–Trinajstić information content (AvgIpc) is 2.71. The molecule has 0 aliphatic rings. The summed E-state index contributed by atoms with van der Waals surface area (Å²) in [5, 5.41) is 6.57. The molecule has 0 radical (unpaired) electrons. The van der Waals surface area contributed by atoms with Gasteiger partial charge in [-0.1, -0.05) is 6.07 Å². The predicted octanol–water partition coefficient (Wildman–Crippen LogP) is 5.00. The van der Waals surface area contributed by atoms with Crippen molar-refractivity contribution in [2.75, 3.05) is 17.7 Å². The summed E-state index contributed by atoms with van der Waals surface area (Å²) in [5.41, 5.74) is 3.22. The summed E-state index contributed by atoms with van der Waals surface area (Å²) in [4.78, 5) is 9.89. The minimum absolute atomic E-state index is 0.253. The van der Waals surface area contributed by atoms with Crippen LogP contribution in [0, 0.1) is 13.8 Å². The highest BCUT2D eigenvalue weighted by Crippen LogP contribution is 2.25. The molecule has 2 aromatic carbocycles. The number of rotatable bonds is 7. The second-order valence-electron chi connectivity index (χ2n) is 8.23. The molecule has 3 aromatic rings. The molecule has 1 atom stereocenters. The highest BCUT2D eigenvalue weighted by molar-refractivity contribution is 7.83. The van der Waals surface area contributed by atoms with Crippen molar-refractivity contribution >= 4 is 34.1 Å². The highest BCUT2D eigenvalue weighted by Gasteiger charge is 2.15. The lowest BCUT2D eigenvalue weighted by Crippen LogP contribution is -2.37. The molecular formula is C23H29N5O2S. The van der Waals surface area contributed by atoms with E-state index in [0.29, 0.717) is 16.7 Å². The normalized spacial score (nSPS) is 12.3. The van der Waals surface area contributed by atoms with Gasteiger partial charge in [0.05, 0.1) is 12.0 Å². The zero-order valence-corrected chi connectivity index (χ0v) is 19.6. The molecule has 3 rings (SSSR count). The Morgan fingerprint density at radius 1 is 0.935 bits per heavy atom. The third-order valence-corrected chi connectivity index (χ3v) is 5.92. The fraction of sp³-hybridized carbons (Fsp3) is 0.304. The van der Waals surface area contributed by atoms with E-state index in [2.05, 4.69) is 25.3 Å². The van der Waals surface area contributed by atoms with Crippen LogP contribution in [-0.4, -0.2) is 26.8 Å². The third-order valence-electron chi connectivity index (χ3n) is 4.45. The number of aromatic nitrogens is 2. The molecule has 0 saturated heterocycles. The van der Waals surface area contributed by atoms with Crippen LogP contribution in [0.4, 0.5) is 23.1 Å². The van der Waals surface area contributed by atoms with Crippen molar-refractivity contribution in [2.45, 2.75) is 45.1 Å². The minimum atomic E-state index is -1.31. The Balaban J connectivity index is 1.82. The second-order valence-corrected chi connectivity index (χ2v) is 9.45. The van der Waals surface area contributed by atoms with Gasteiger partial charge in [-0.2, -0.15) is 4.98 Å². The molecule has 0 bridgehead atoms. The summed E-state index contributed by atoms with van der Waals surface area (Å²) in [6.45, 7) is 9.87. The number of methoxy groups -OCH3 is 1. The van der Waals surface area contributed by atoms with E-state index >= 15 is 0 Å². The van der Waals surface area contributed by atoms with Crippen molar-refractivity contribution in [3.8, 4) is 5.75 Å². The van der Waals surface area contributed by atoms with E-state index in [1.165, 1.54) is 0 Å². The number of aryl methyl sites for hydroxylation is 1. The number of nitrogens with one attached hydrogen (secondary N) is 3. The molecule has 1 aromatic heterocycles. The first-order valence-corrected chi connectivity index (χ1v) is 11.1. The van der Waals surface area contributed by atoms with Gasteiger partial charge < -0.3 is 15.4 Å². The number of benzene rings is 2. The van der Waals surface area contributed by atoms with Gasteiger partial charge in [0.1, 0.15) is 22.6 Å². The maximum atomic E-state index is 12.6. The fourth-order valence-corrected chi connectivity index (χ4v) is 3.88. The standard InChI is InChI=1S/C23H29N5O2S/c1-15-16(2)24-22(26-17-10-12-19(30-6)13-11-17)27-21(15)25-18-8-7-9-20(14-18)31(29)28-23(3,4)5/h7-14,28H,1-6H3,(H2,24,25,26,27). The number of nitrogens with zero attached hydrogens (tertiary/aromatic N) is 2. The van der Waals surface area contributed by atoms with Gasteiger partial charge in [0.15, 0.2) is 0 Å². The van der Waals surface area contributed by atoms with Gasteiger partial charge in [-0.05, 0) is 77.1 Å². The largest absolute Gasteiger partial charge is 0.497 e. The SMILES string of the molecule is COc1ccc(Nc2nc(C)c(C)c(Nc3cccc(S(=O)NC(C)(C)C)c3)n2)cc1. The molecule has 164 valence electrons. The molecule has 0 spiro atoms. The molecule has 8 heteroatoms. The van der Waals surface area contributed by atoms with Crippen LogP contribution in [0.25, 0.3) is 0 Å². The van der Waals surface area contributed by atoms with Crippen molar-refractivity contribution in [2.24, 2.45) is 0 Å². The van der Waals surface area contributed by atoms with E-state index in [1.807, 2.05) is 83.1 Å². The minimum Gasteiger partial charge on any atom is -0.497 e. The van der Waals surface area contributed by atoms with Crippen molar-refractivity contribution in [1.82, 2.24) is 14.7 Å². The first-order chi connectivity index (χ1) is 14.6. The van der Waals surface area contributed by atoms with E-state index in [9.17, 15) is 4.21 Å². The van der Waals surface area contributed by atoms with Crippen LogP contribution in [0.5, 0.6) is 5.75 Å². The summed E-state index contributed by atoms with van der Waals surface area (Å²) >= 11 is 0. The van der Waals surface area contributed by atoms with Crippen LogP contribution in [-0.2, 0) is 11.0 Å². The van der Waals surface area contributed by atoms with E-state index in [1.54, 1.807) is 7.11 Å². The lowest BCUT2D eigenvalue weighted by molar-refractivity contribution is 0.415. The summed E-state index contributed by atoms with van der Waals surface area (Å²) in [5.74, 6) is 1.97. The Morgan fingerprint density at radius 2 is 1.65 bits per heavy atom. The van der Waals surface area contributed by atoms with E-state index in [4.69, 9.17) is 4.74 Å².